The van der Waals surface area contributed by atoms with E-state index in [0.29, 0.717) is 31.5 Å². The third-order valence-corrected chi connectivity index (χ3v) is 3.59. The molecule has 1 N–H and O–H groups in total. The Balaban J connectivity index is 2.21. The van der Waals surface area contributed by atoms with Gasteiger partial charge in [0, 0.05) is 21.3 Å². The summed E-state index contributed by atoms with van der Waals surface area (Å²) < 4.78 is 5.82. The van der Waals surface area contributed by atoms with Gasteiger partial charge in [0.05, 0.1) is 11.6 Å². The third-order valence-electron chi connectivity index (χ3n) is 2.53. The molecule has 0 aliphatic rings. The van der Waals surface area contributed by atoms with Gasteiger partial charge in [-0.15, -0.1) is 0 Å². The summed E-state index contributed by atoms with van der Waals surface area (Å²) in [6.45, 7) is 0. The number of amides is 1. The number of anilines is 1. The van der Waals surface area contributed by atoms with Crippen LogP contribution < -0.4 is 10.1 Å². The monoisotopic (exact) mass is 373 g/mol. The van der Waals surface area contributed by atoms with Gasteiger partial charge < -0.3 is 10.1 Å². The molecule has 2 aromatic rings. The van der Waals surface area contributed by atoms with Crippen LogP contribution in [0.1, 0.15) is 10.4 Å². The van der Waals surface area contributed by atoms with Crippen LogP contribution in [0.25, 0.3) is 0 Å². The molecule has 0 aromatic heterocycles. The molecule has 0 atom stereocenters. The molecule has 3 nitrogen and oxygen atoms in total. The van der Waals surface area contributed by atoms with E-state index in [1.165, 1.54) is 0 Å². The van der Waals surface area contributed by atoms with Gasteiger partial charge >= 0.3 is 0 Å². The highest BCUT2D eigenvalue weighted by molar-refractivity contribution is 9.10. The van der Waals surface area contributed by atoms with Crippen molar-refractivity contribution in [3.8, 4) is 5.75 Å². The lowest BCUT2D eigenvalue weighted by Gasteiger charge is -2.08. The van der Waals surface area contributed by atoms with Crippen molar-refractivity contribution in [2.75, 3.05) is 12.4 Å². The normalized spacial score (nSPS) is 10.2. The second-order valence-electron chi connectivity index (χ2n) is 3.96. The maximum Gasteiger partial charge on any atom is 0.255 e. The summed E-state index contributed by atoms with van der Waals surface area (Å²) >= 11 is 15.1. The molecule has 0 fully saturated rings. The van der Waals surface area contributed by atoms with Gasteiger partial charge in [-0.05, 0) is 52.3 Å². The average Bonchev–Trinajstić information content (AvgIpc) is 2.37. The van der Waals surface area contributed by atoms with E-state index in [4.69, 9.17) is 27.9 Å². The number of ether oxygens (including phenoxy) is 1. The summed E-state index contributed by atoms with van der Waals surface area (Å²) in [6.07, 6.45) is 0. The molecule has 104 valence electrons. The number of hydrogen-bond donors (Lipinski definition) is 1. The molecule has 0 unspecified atom stereocenters. The Morgan fingerprint density at radius 2 is 1.80 bits per heavy atom. The minimum atomic E-state index is -0.258. The number of carbonyl (C=O) groups is 1. The highest BCUT2D eigenvalue weighted by Gasteiger charge is 2.10. The molecule has 0 spiro atoms. The van der Waals surface area contributed by atoms with Crippen LogP contribution in [0.15, 0.2) is 40.9 Å². The summed E-state index contributed by atoms with van der Waals surface area (Å²) in [6, 6.07) is 9.92. The fourth-order valence-corrected chi connectivity index (χ4v) is 2.70. The predicted octanol–water partition coefficient (Wildman–Crippen LogP) is 5.02. The molecular formula is C14H10BrCl2NO2. The zero-order chi connectivity index (χ0) is 14.7. The molecular weight excluding hydrogens is 365 g/mol. The first-order valence-electron chi connectivity index (χ1n) is 5.60. The Labute approximate surface area is 135 Å². The van der Waals surface area contributed by atoms with Crippen LogP contribution in [-0.2, 0) is 0 Å². The van der Waals surface area contributed by atoms with Crippen molar-refractivity contribution >= 4 is 50.7 Å². The molecule has 0 saturated carbocycles. The van der Waals surface area contributed by atoms with Crippen LogP contribution in [0.5, 0.6) is 5.75 Å². The van der Waals surface area contributed by atoms with E-state index in [2.05, 4.69) is 21.2 Å². The Hall–Kier alpha value is -1.23. The second kappa shape index (κ2) is 6.48. The van der Waals surface area contributed by atoms with Gasteiger partial charge in [0.2, 0.25) is 0 Å². The molecule has 2 aromatic carbocycles. The van der Waals surface area contributed by atoms with E-state index in [0.717, 1.165) is 0 Å². The number of rotatable bonds is 3. The van der Waals surface area contributed by atoms with E-state index in [1.807, 2.05) is 0 Å². The SMILES string of the molecule is COc1ccc(C(=O)Nc2cc(Cl)cc(Cl)c2)cc1Br. The number of hydrogen-bond acceptors (Lipinski definition) is 2. The van der Waals surface area contributed by atoms with Crippen LogP contribution in [0.3, 0.4) is 0 Å². The largest absolute Gasteiger partial charge is 0.496 e. The van der Waals surface area contributed by atoms with Gasteiger partial charge in [-0.1, -0.05) is 23.2 Å². The Morgan fingerprint density at radius 1 is 1.15 bits per heavy atom. The molecule has 0 radical (unpaired) electrons. The van der Waals surface area contributed by atoms with Gasteiger partial charge in [0.25, 0.3) is 5.91 Å². The Morgan fingerprint density at radius 3 is 2.35 bits per heavy atom. The lowest BCUT2D eigenvalue weighted by Crippen LogP contribution is -2.11. The summed E-state index contributed by atoms with van der Waals surface area (Å²) in [5, 5.41) is 3.66. The summed E-state index contributed by atoms with van der Waals surface area (Å²) in [7, 11) is 1.56. The number of nitrogens with one attached hydrogen (secondary N) is 1. The molecule has 0 bridgehead atoms. The number of carbonyl (C=O) groups excluding carboxylic acids is 1. The lowest BCUT2D eigenvalue weighted by atomic mass is 10.2. The fourth-order valence-electron chi connectivity index (χ4n) is 1.64. The number of methoxy groups -OCH3 is 1. The molecule has 20 heavy (non-hydrogen) atoms. The lowest BCUT2D eigenvalue weighted by molar-refractivity contribution is 0.102. The first-order chi connectivity index (χ1) is 9.49. The van der Waals surface area contributed by atoms with Crippen LogP contribution in [0.2, 0.25) is 10.0 Å². The van der Waals surface area contributed by atoms with E-state index in [-0.39, 0.29) is 5.91 Å². The van der Waals surface area contributed by atoms with Crippen molar-refractivity contribution in [1.82, 2.24) is 0 Å². The van der Waals surface area contributed by atoms with Crippen LogP contribution in [-0.4, -0.2) is 13.0 Å². The maximum absolute atomic E-state index is 12.1. The van der Waals surface area contributed by atoms with Crippen LogP contribution in [0, 0.1) is 0 Å². The average molecular weight is 375 g/mol. The highest BCUT2D eigenvalue weighted by Crippen LogP contribution is 2.27. The second-order valence-corrected chi connectivity index (χ2v) is 5.69. The summed E-state index contributed by atoms with van der Waals surface area (Å²) in [5.41, 5.74) is 1.04. The maximum atomic E-state index is 12.1. The van der Waals surface area contributed by atoms with Gasteiger partial charge in [-0.2, -0.15) is 0 Å². The Bertz CT molecular complexity index is 641. The molecule has 1 amide bonds. The minimum absolute atomic E-state index is 0.258. The van der Waals surface area contributed by atoms with E-state index in [9.17, 15) is 4.79 Å². The van der Waals surface area contributed by atoms with Gasteiger partial charge in [0.15, 0.2) is 0 Å². The zero-order valence-corrected chi connectivity index (χ0v) is 13.5. The van der Waals surface area contributed by atoms with E-state index in [1.54, 1.807) is 43.5 Å². The van der Waals surface area contributed by atoms with Crippen LogP contribution >= 0.6 is 39.1 Å². The fraction of sp³-hybridized carbons (Fsp3) is 0.0714. The van der Waals surface area contributed by atoms with Crippen molar-refractivity contribution in [2.45, 2.75) is 0 Å². The van der Waals surface area contributed by atoms with E-state index >= 15 is 0 Å². The molecule has 0 aliphatic carbocycles. The summed E-state index contributed by atoms with van der Waals surface area (Å²) in [4.78, 5) is 12.1. The first-order valence-corrected chi connectivity index (χ1v) is 7.15. The number of halogens is 3. The van der Waals surface area contributed by atoms with Crippen molar-refractivity contribution < 1.29 is 9.53 Å². The standard InChI is InChI=1S/C14H10BrCl2NO2/c1-20-13-3-2-8(4-12(13)15)14(19)18-11-6-9(16)5-10(17)7-11/h2-7H,1H3,(H,18,19). The first kappa shape index (κ1) is 15.2. The predicted molar refractivity (Wildman–Crippen MR) is 85.1 cm³/mol. The molecule has 0 aliphatic heterocycles. The minimum Gasteiger partial charge on any atom is -0.496 e. The number of benzene rings is 2. The topological polar surface area (TPSA) is 38.3 Å². The quantitative estimate of drug-likeness (QED) is 0.819. The van der Waals surface area contributed by atoms with E-state index < -0.39 is 0 Å². The van der Waals surface area contributed by atoms with Gasteiger partial charge in [0.1, 0.15) is 5.75 Å². The van der Waals surface area contributed by atoms with Crippen LogP contribution in [0.4, 0.5) is 5.69 Å². The molecule has 2 rings (SSSR count). The van der Waals surface area contributed by atoms with Gasteiger partial charge in [-0.25, -0.2) is 0 Å². The molecule has 0 heterocycles. The molecule has 6 heteroatoms. The van der Waals surface area contributed by atoms with Crippen molar-refractivity contribution in [2.24, 2.45) is 0 Å². The van der Waals surface area contributed by atoms with Crippen molar-refractivity contribution in [1.29, 1.82) is 0 Å². The van der Waals surface area contributed by atoms with Crippen molar-refractivity contribution in [3.63, 3.8) is 0 Å². The van der Waals surface area contributed by atoms with Crippen molar-refractivity contribution in [3.05, 3.63) is 56.5 Å². The smallest absolute Gasteiger partial charge is 0.255 e. The zero-order valence-electron chi connectivity index (χ0n) is 10.4. The Kier molecular flexibility index (Phi) is 4.91. The highest BCUT2D eigenvalue weighted by atomic mass is 79.9. The third kappa shape index (κ3) is 3.66. The summed E-state index contributed by atoms with van der Waals surface area (Å²) in [5.74, 6) is 0.402. The molecule has 0 saturated heterocycles. The van der Waals surface area contributed by atoms with Gasteiger partial charge in [-0.3, -0.25) is 4.79 Å².